The molecule has 120 valence electrons. The predicted octanol–water partition coefficient (Wildman–Crippen LogP) is 3.84. The van der Waals surface area contributed by atoms with Crippen LogP contribution in [0.15, 0.2) is 30.4 Å². The summed E-state index contributed by atoms with van der Waals surface area (Å²) in [6, 6.07) is 3.51. The number of ether oxygens (including phenoxy) is 2. The number of rotatable bonds is 8. The minimum atomic E-state index is -0.145. The van der Waals surface area contributed by atoms with Crippen LogP contribution in [-0.4, -0.2) is 26.2 Å². The maximum atomic E-state index is 11.7. The number of carbonyl (C=O) groups is 1. The molecule has 0 unspecified atom stereocenters. The molecule has 1 aromatic rings. The number of carbonyl (C=O) groups excluding carboxylic acids is 1. The Morgan fingerprint density at radius 1 is 1.41 bits per heavy atom. The molecule has 0 aliphatic carbocycles. The van der Waals surface area contributed by atoms with E-state index in [1.807, 2.05) is 26.0 Å². The van der Waals surface area contributed by atoms with Gasteiger partial charge < -0.3 is 14.8 Å². The molecule has 4 nitrogen and oxygen atoms in total. The molecule has 0 saturated heterocycles. The lowest BCUT2D eigenvalue weighted by Crippen LogP contribution is -2.21. The van der Waals surface area contributed by atoms with E-state index in [0.29, 0.717) is 29.7 Å². The molecule has 22 heavy (non-hydrogen) atoms. The van der Waals surface area contributed by atoms with Gasteiger partial charge in [-0.1, -0.05) is 23.8 Å². The molecule has 0 aromatic heterocycles. The number of hydrogen-bond acceptors (Lipinski definition) is 3. The molecule has 5 heteroatoms. The molecule has 0 fully saturated rings. The molecule has 0 spiro atoms. The smallest absolute Gasteiger partial charge is 0.244 e. The lowest BCUT2D eigenvalue weighted by atomic mass is 10.2. The second-order valence-corrected chi connectivity index (χ2v) is 4.86. The highest BCUT2D eigenvalue weighted by atomic mass is 35.5. The Morgan fingerprint density at radius 2 is 2.18 bits per heavy atom. The zero-order valence-electron chi connectivity index (χ0n) is 13.2. The van der Waals surface area contributed by atoms with Crippen molar-refractivity contribution < 1.29 is 14.3 Å². The summed E-state index contributed by atoms with van der Waals surface area (Å²) in [5, 5.41) is 3.25. The summed E-state index contributed by atoms with van der Waals surface area (Å²) in [4.78, 5) is 11.7. The van der Waals surface area contributed by atoms with Crippen molar-refractivity contribution in [3.8, 4) is 11.5 Å². The lowest BCUT2D eigenvalue weighted by molar-refractivity contribution is -0.116. The summed E-state index contributed by atoms with van der Waals surface area (Å²) >= 11 is 6.18. The van der Waals surface area contributed by atoms with Crippen molar-refractivity contribution >= 4 is 23.6 Å². The van der Waals surface area contributed by atoms with Gasteiger partial charge in [-0.2, -0.15) is 0 Å². The zero-order valence-corrected chi connectivity index (χ0v) is 13.9. The zero-order chi connectivity index (χ0) is 16.4. The first-order chi connectivity index (χ1) is 10.6. The van der Waals surface area contributed by atoms with Crippen LogP contribution in [0.5, 0.6) is 11.5 Å². The van der Waals surface area contributed by atoms with Gasteiger partial charge in [0.2, 0.25) is 5.91 Å². The number of allylic oxidation sites excluding steroid dienone is 1. The number of methoxy groups -OCH3 is 1. The molecule has 1 aromatic carbocycles. The van der Waals surface area contributed by atoms with E-state index < -0.39 is 0 Å². The van der Waals surface area contributed by atoms with Crippen molar-refractivity contribution in [3.05, 3.63) is 40.9 Å². The average Bonchev–Trinajstić information content (AvgIpc) is 2.51. The van der Waals surface area contributed by atoms with Gasteiger partial charge in [0.05, 0.1) is 18.7 Å². The van der Waals surface area contributed by atoms with Gasteiger partial charge in [-0.3, -0.25) is 4.79 Å². The van der Waals surface area contributed by atoms with E-state index >= 15 is 0 Å². The molecule has 0 aliphatic heterocycles. The minimum Gasteiger partial charge on any atom is -0.493 e. The predicted molar refractivity (Wildman–Crippen MR) is 90.6 cm³/mol. The second-order valence-electron chi connectivity index (χ2n) is 4.45. The summed E-state index contributed by atoms with van der Waals surface area (Å²) in [5.74, 6) is 0.913. The van der Waals surface area contributed by atoms with Crippen LogP contribution in [0.3, 0.4) is 0 Å². The molecule has 1 amide bonds. The van der Waals surface area contributed by atoms with E-state index in [1.165, 1.54) is 6.08 Å². The van der Waals surface area contributed by atoms with Crippen LogP contribution in [0.4, 0.5) is 0 Å². The summed E-state index contributed by atoms with van der Waals surface area (Å²) in [6.07, 6.45) is 7.94. The van der Waals surface area contributed by atoms with Crippen molar-refractivity contribution in [1.82, 2.24) is 5.32 Å². The van der Waals surface area contributed by atoms with Crippen LogP contribution < -0.4 is 14.8 Å². The Bertz CT molecular complexity index is 553. The number of halogens is 1. The van der Waals surface area contributed by atoms with Gasteiger partial charge in [-0.15, -0.1) is 0 Å². The topological polar surface area (TPSA) is 47.6 Å². The van der Waals surface area contributed by atoms with E-state index in [0.717, 1.165) is 12.0 Å². The van der Waals surface area contributed by atoms with Gasteiger partial charge in [0.1, 0.15) is 0 Å². The maximum Gasteiger partial charge on any atom is 0.244 e. The highest BCUT2D eigenvalue weighted by molar-refractivity contribution is 6.32. The molecule has 0 aliphatic rings. The Balaban J connectivity index is 2.74. The Labute approximate surface area is 136 Å². The van der Waals surface area contributed by atoms with Crippen LogP contribution in [0.2, 0.25) is 5.02 Å². The normalized spacial score (nSPS) is 11.1. The maximum absolute atomic E-state index is 11.7. The fourth-order valence-electron chi connectivity index (χ4n) is 1.80. The molecule has 0 atom stereocenters. The molecule has 1 N–H and O–H groups in total. The van der Waals surface area contributed by atoms with Crippen LogP contribution in [0, 0.1) is 0 Å². The molecular formula is C17H22ClNO3. The van der Waals surface area contributed by atoms with E-state index in [1.54, 1.807) is 25.3 Å². The Morgan fingerprint density at radius 3 is 2.82 bits per heavy atom. The van der Waals surface area contributed by atoms with Gasteiger partial charge in [-0.25, -0.2) is 0 Å². The Kier molecular flexibility index (Phi) is 8.15. The molecular weight excluding hydrogens is 302 g/mol. The first-order valence-corrected chi connectivity index (χ1v) is 7.57. The molecule has 1 rings (SSSR count). The van der Waals surface area contributed by atoms with Crippen molar-refractivity contribution in [2.24, 2.45) is 0 Å². The number of benzene rings is 1. The van der Waals surface area contributed by atoms with Crippen LogP contribution >= 0.6 is 11.6 Å². The first kappa shape index (κ1) is 18.1. The number of hydrogen-bond donors (Lipinski definition) is 1. The molecule has 0 heterocycles. The van der Waals surface area contributed by atoms with E-state index in [9.17, 15) is 4.79 Å². The molecule has 0 bridgehead atoms. The fraction of sp³-hybridized carbons (Fsp3) is 0.353. The quantitative estimate of drug-likeness (QED) is 0.449. The van der Waals surface area contributed by atoms with E-state index in [-0.39, 0.29) is 5.91 Å². The third kappa shape index (κ3) is 5.82. The molecule has 0 saturated carbocycles. The second kappa shape index (κ2) is 9.90. The highest BCUT2D eigenvalue weighted by Crippen LogP contribution is 2.36. The van der Waals surface area contributed by atoms with E-state index in [4.69, 9.17) is 21.1 Å². The highest BCUT2D eigenvalue weighted by Gasteiger charge is 2.10. The van der Waals surface area contributed by atoms with E-state index in [2.05, 4.69) is 5.32 Å². The largest absolute Gasteiger partial charge is 0.493 e. The van der Waals surface area contributed by atoms with Gasteiger partial charge in [-0.05, 0) is 44.0 Å². The SMILES string of the molecule is C/C=C/CCNC(=O)/C=C/c1cc(Cl)c(OCC)c(OC)c1. The first-order valence-electron chi connectivity index (χ1n) is 7.19. The summed E-state index contributed by atoms with van der Waals surface area (Å²) < 4.78 is 10.7. The lowest BCUT2D eigenvalue weighted by Gasteiger charge is -2.11. The third-order valence-corrected chi connectivity index (χ3v) is 3.09. The average molecular weight is 324 g/mol. The Hall–Kier alpha value is -1.94. The van der Waals surface area contributed by atoms with Gasteiger partial charge in [0.15, 0.2) is 11.5 Å². The summed E-state index contributed by atoms with van der Waals surface area (Å²) in [7, 11) is 1.55. The summed E-state index contributed by atoms with van der Waals surface area (Å²) in [6.45, 7) is 4.94. The number of amides is 1. The monoisotopic (exact) mass is 323 g/mol. The van der Waals surface area contributed by atoms with Crippen molar-refractivity contribution in [2.45, 2.75) is 20.3 Å². The van der Waals surface area contributed by atoms with Gasteiger partial charge >= 0.3 is 0 Å². The standard InChI is InChI=1S/C17H22ClNO3/c1-4-6-7-10-19-16(20)9-8-13-11-14(18)17(22-5-2)15(12-13)21-3/h4,6,8-9,11-12H,5,7,10H2,1-3H3,(H,19,20)/b6-4+,9-8+. The third-order valence-electron chi connectivity index (χ3n) is 2.81. The van der Waals surface area contributed by atoms with Crippen molar-refractivity contribution in [1.29, 1.82) is 0 Å². The van der Waals surface area contributed by atoms with Crippen molar-refractivity contribution in [2.75, 3.05) is 20.3 Å². The minimum absolute atomic E-state index is 0.145. The van der Waals surface area contributed by atoms with Crippen LogP contribution in [-0.2, 0) is 4.79 Å². The van der Waals surface area contributed by atoms with Crippen LogP contribution in [0.25, 0.3) is 6.08 Å². The van der Waals surface area contributed by atoms with Gasteiger partial charge in [0, 0.05) is 12.6 Å². The van der Waals surface area contributed by atoms with Gasteiger partial charge in [0.25, 0.3) is 0 Å². The fourth-order valence-corrected chi connectivity index (χ4v) is 2.07. The summed E-state index contributed by atoms with van der Waals surface area (Å²) in [5.41, 5.74) is 0.772. The van der Waals surface area contributed by atoms with Crippen LogP contribution in [0.1, 0.15) is 25.8 Å². The number of nitrogens with one attached hydrogen (secondary N) is 1. The molecule has 0 radical (unpaired) electrons. The van der Waals surface area contributed by atoms with Crippen molar-refractivity contribution in [3.63, 3.8) is 0 Å².